The minimum atomic E-state index is -0.0693. The zero-order valence-corrected chi connectivity index (χ0v) is 11.7. The van der Waals surface area contributed by atoms with Crippen LogP contribution in [0.1, 0.15) is 17.4 Å². The lowest BCUT2D eigenvalue weighted by molar-refractivity contribution is -0.114. The molecule has 1 aromatic heterocycles. The molecule has 1 aromatic carbocycles. The van der Waals surface area contributed by atoms with E-state index in [-0.39, 0.29) is 5.91 Å². The van der Waals surface area contributed by atoms with Gasteiger partial charge in [-0.15, -0.1) is 11.3 Å². The van der Waals surface area contributed by atoms with Crippen molar-refractivity contribution in [2.45, 2.75) is 20.4 Å². The Morgan fingerprint density at radius 2 is 2.16 bits per heavy atom. The summed E-state index contributed by atoms with van der Waals surface area (Å²) in [7, 11) is 0. The van der Waals surface area contributed by atoms with Crippen LogP contribution in [0.4, 0.5) is 11.4 Å². The van der Waals surface area contributed by atoms with Gasteiger partial charge in [0.15, 0.2) is 0 Å². The molecule has 0 saturated heterocycles. The summed E-state index contributed by atoms with van der Waals surface area (Å²) in [6.45, 7) is 3.99. The van der Waals surface area contributed by atoms with Crippen LogP contribution in [-0.2, 0) is 11.3 Å². The Labute approximate surface area is 116 Å². The molecule has 1 heterocycles. The van der Waals surface area contributed by atoms with Crippen molar-refractivity contribution < 1.29 is 9.90 Å². The van der Waals surface area contributed by atoms with Crippen molar-refractivity contribution >= 4 is 28.6 Å². The number of aromatic hydroxyl groups is 1. The van der Waals surface area contributed by atoms with Gasteiger partial charge in [-0.1, -0.05) is 0 Å². The van der Waals surface area contributed by atoms with Crippen molar-refractivity contribution in [3.63, 3.8) is 0 Å². The van der Waals surface area contributed by atoms with Crippen LogP contribution in [0.5, 0.6) is 5.75 Å². The van der Waals surface area contributed by atoms with Crippen molar-refractivity contribution in [2.75, 3.05) is 10.6 Å². The van der Waals surface area contributed by atoms with Gasteiger partial charge >= 0.3 is 0 Å². The lowest BCUT2D eigenvalue weighted by Crippen LogP contribution is -2.08. The Bertz CT molecular complexity index is 593. The molecule has 1 amide bonds. The molecule has 100 valence electrons. The van der Waals surface area contributed by atoms with Crippen LogP contribution >= 0.6 is 11.3 Å². The smallest absolute Gasteiger partial charge is 0.221 e. The molecule has 0 atom stereocenters. The summed E-state index contributed by atoms with van der Waals surface area (Å²) in [6.07, 6.45) is 0. The predicted octanol–water partition coefficient (Wildman–Crippen LogP) is 3.33. The van der Waals surface area contributed by atoms with E-state index in [1.807, 2.05) is 30.5 Å². The van der Waals surface area contributed by atoms with Gasteiger partial charge in [-0.3, -0.25) is 4.79 Å². The highest BCUT2D eigenvalue weighted by Crippen LogP contribution is 2.25. The number of nitrogens with one attached hydrogen (secondary N) is 2. The molecule has 2 rings (SSSR count). The van der Waals surface area contributed by atoms with Gasteiger partial charge in [0.25, 0.3) is 0 Å². The van der Waals surface area contributed by atoms with E-state index < -0.39 is 0 Å². The second-order valence-electron chi connectivity index (χ2n) is 4.29. The monoisotopic (exact) mass is 276 g/mol. The molecule has 0 fully saturated rings. The molecule has 0 aliphatic heterocycles. The molecule has 19 heavy (non-hydrogen) atoms. The second kappa shape index (κ2) is 5.75. The Hall–Kier alpha value is -2.01. The number of thiophene rings is 1. The predicted molar refractivity (Wildman–Crippen MR) is 78.8 cm³/mol. The third-order valence-corrected chi connectivity index (χ3v) is 3.63. The molecular weight excluding hydrogens is 260 g/mol. The number of carbonyl (C=O) groups excluding carboxylic acids is 1. The first-order valence-corrected chi connectivity index (χ1v) is 6.81. The summed E-state index contributed by atoms with van der Waals surface area (Å²) in [4.78, 5) is 12.1. The van der Waals surface area contributed by atoms with Crippen molar-refractivity contribution in [1.29, 1.82) is 0 Å². The van der Waals surface area contributed by atoms with Crippen LogP contribution in [0.25, 0.3) is 0 Å². The van der Waals surface area contributed by atoms with Crippen LogP contribution in [0, 0.1) is 6.92 Å². The van der Waals surface area contributed by atoms with Crippen LogP contribution in [0.15, 0.2) is 29.6 Å². The Balaban J connectivity index is 2.04. The topological polar surface area (TPSA) is 61.4 Å². The molecule has 0 spiro atoms. The maximum absolute atomic E-state index is 11.1. The lowest BCUT2D eigenvalue weighted by atomic mass is 10.2. The number of rotatable bonds is 4. The molecule has 0 saturated carbocycles. The van der Waals surface area contributed by atoms with Crippen LogP contribution in [0.3, 0.4) is 0 Å². The molecule has 3 N–H and O–H groups in total. The standard InChI is InChI=1S/C14H16N2O2S/c1-9-7-11(3-4-13(9)18)15-8-14-12(5-6-19-14)16-10(2)17/h3-7,15,18H,8H2,1-2H3,(H,16,17). The zero-order chi connectivity index (χ0) is 13.8. The van der Waals surface area contributed by atoms with E-state index in [0.717, 1.165) is 21.8 Å². The van der Waals surface area contributed by atoms with E-state index in [1.54, 1.807) is 17.4 Å². The molecule has 4 nitrogen and oxygen atoms in total. The van der Waals surface area contributed by atoms with Gasteiger partial charge in [0, 0.05) is 17.5 Å². The van der Waals surface area contributed by atoms with E-state index in [1.165, 1.54) is 6.92 Å². The highest BCUT2D eigenvalue weighted by Gasteiger charge is 2.06. The van der Waals surface area contributed by atoms with Crippen LogP contribution in [-0.4, -0.2) is 11.0 Å². The fourth-order valence-electron chi connectivity index (χ4n) is 1.73. The summed E-state index contributed by atoms with van der Waals surface area (Å²) >= 11 is 1.59. The van der Waals surface area contributed by atoms with Crippen LogP contribution in [0.2, 0.25) is 0 Å². The largest absolute Gasteiger partial charge is 0.508 e. The minimum absolute atomic E-state index is 0.0693. The van der Waals surface area contributed by atoms with Crippen LogP contribution < -0.4 is 10.6 Å². The first-order valence-electron chi connectivity index (χ1n) is 5.93. The number of aryl methyl sites for hydroxylation is 1. The molecule has 0 unspecified atom stereocenters. The third-order valence-electron chi connectivity index (χ3n) is 2.71. The van der Waals surface area contributed by atoms with E-state index >= 15 is 0 Å². The van der Waals surface area contributed by atoms with Crippen molar-refractivity contribution in [3.05, 3.63) is 40.1 Å². The number of hydrogen-bond donors (Lipinski definition) is 3. The van der Waals surface area contributed by atoms with E-state index in [9.17, 15) is 9.90 Å². The highest BCUT2D eigenvalue weighted by atomic mass is 32.1. The average Bonchev–Trinajstić information content (AvgIpc) is 2.77. The molecule has 0 aliphatic rings. The van der Waals surface area contributed by atoms with E-state index in [0.29, 0.717) is 12.3 Å². The Morgan fingerprint density at radius 1 is 1.37 bits per heavy atom. The fraction of sp³-hybridized carbons (Fsp3) is 0.214. The minimum Gasteiger partial charge on any atom is -0.508 e. The quantitative estimate of drug-likeness (QED) is 0.751. The normalized spacial score (nSPS) is 10.2. The van der Waals surface area contributed by atoms with Gasteiger partial charge in [-0.05, 0) is 42.1 Å². The van der Waals surface area contributed by atoms with Gasteiger partial charge in [-0.2, -0.15) is 0 Å². The summed E-state index contributed by atoms with van der Waals surface area (Å²) in [5.41, 5.74) is 2.62. The maximum atomic E-state index is 11.1. The second-order valence-corrected chi connectivity index (χ2v) is 5.29. The number of amides is 1. The number of phenolic OH excluding ortho intramolecular Hbond substituents is 1. The third kappa shape index (κ3) is 3.48. The number of anilines is 2. The maximum Gasteiger partial charge on any atom is 0.221 e. The molecule has 0 radical (unpaired) electrons. The molecular formula is C14H16N2O2S. The Morgan fingerprint density at radius 3 is 2.84 bits per heavy atom. The summed E-state index contributed by atoms with van der Waals surface area (Å²) in [6, 6.07) is 7.28. The van der Waals surface area contributed by atoms with Gasteiger partial charge in [0.1, 0.15) is 5.75 Å². The van der Waals surface area contributed by atoms with Gasteiger partial charge in [0.2, 0.25) is 5.91 Å². The van der Waals surface area contributed by atoms with Gasteiger partial charge in [-0.25, -0.2) is 0 Å². The van der Waals surface area contributed by atoms with E-state index in [2.05, 4.69) is 10.6 Å². The Kier molecular flexibility index (Phi) is 4.06. The summed E-state index contributed by atoms with van der Waals surface area (Å²) < 4.78 is 0. The molecule has 5 heteroatoms. The highest BCUT2D eigenvalue weighted by molar-refractivity contribution is 7.10. The first kappa shape index (κ1) is 13.4. The molecule has 0 bridgehead atoms. The SMILES string of the molecule is CC(=O)Nc1ccsc1CNc1ccc(O)c(C)c1. The lowest BCUT2D eigenvalue weighted by Gasteiger charge is -2.09. The van der Waals surface area contributed by atoms with E-state index in [4.69, 9.17) is 0 Å². The van der Waals surface area contributed by atoms with Gasteiger partial charge < -0.3 is 15.7 Å². The molecule has 0 aliphatic carbocycles. The first-order chi connectivity index (χ1) is 9.06. The number of hydrogen-bond acceptors (Lipinski definition) is 4. The number of carbonyl (C=O) groups is 1. The number of benzene rings is 1. The summed E-state index contributed by atoms with van der Waals surface area (Å²) in [5, 5.41) is 17.5. The number of phenols is 1. The average molecular weight is 276 g/mol. The van der Waals surface area contributed by atoms with Gasteiger partial charge in [0.05, 0.1) is 12.2 Å². The van der Waals surface area contributed by atoms with Crippen molar-refractivity contribution in [1.82, 2.24) is 0 Å². The fourth-order valence-corrected chi connectivity index (χ4v) is 2.50. The summed E-state index contributed by atoms with van der Waals surface area (Å²) in [5.74, 6) is 0.223. The molecule has 2 aromatic rings. The zero-order valence-electron chi connectivity index (χ0n) is 10.9. The van der Waals surface area contributed by atoms with Crippen molar-refractivity contribution in [3.8, 4) is 5.75 Å². The van der Waals surface area contributed by atoms with Crippen molar-refractivity contribution in [2.24, 2.45) is 0 Å².